The van der Waals surface area contributed by atoms with Gasteiger partial charge in [-0.05, 0) is 75.5 Å². The fourth-order valence-corrected chi connectivity index (χ4v) is 8.20. The molecule has 0 atom stereocenters. The van der Waals surface area contributed by atoms with Gasteiger partial charge in [0.25, 0.3) is 0 Å². The number of anilines is 3. The van der Waals surface area contributed by atoms with Gasteiger partial charge in [0.15, 0.2) is 11.5 Å². The van der Waals surface area contributed by atoms with E-state index in [4.69, 9.17) is 4.74 Å². The highest BCUT2D eigenvalue weighted by Crippen LogP contribution is 2.51. The van der Waals surface area contributed by atoms with Gasteiger partial charge in [0, 0.05) is 5.69 Å². The zero-order valence-corrected chi connectivity index (χ0v) is 24.0. The van der Waals surface area contributed by atoms with Crippen molar-refractivity contribution in [3.63, 3.8) is 0 Å². The molecule has 0 spiro atoms. The van der Waals surface area contributed by atoms with Crippen LogP contribution in [0.4, 0.5) is 17.1 Å². The van der Waals surface area contributed by atoms with Crippen LogP contribution < -0.4 is 42.4 Å². The molecule has 192 valence electrons. The van der Waals surface area contributed by atoms with E-state index < -0.39 is 0 Å². The van der Waals surface area contributed by atoms with Gasteiger partial charge in [0.05, 0.1) is 11.4 Å². The molecule has 0 aliphatic carbocycles. The van der Waals surface area contributed by atoms with E-state index in [1.165, 1.54) is 83.2 Å². The number of aryl methyl sites for hydroxylation is 6. The second-order valence-corrected chi connectivity index (χ2v) is 12.1. The molecule has 3 aliphatic rings. The van der Waals surface area contributed by atoms with Crippen LogP contribution in [0.2, 0.25) is 0 Å². The zero-order valence-electron chi connectivity index (χ0n) is 24.0. The van der Waals surface area contributed by atoms with Gasteiger partial charge in [0.1, 0.15) is 0 Å². The van der Waals surface area contributed by atoms with E-state index in [9.17, 15) is 0 Å². The SMILES string of the molecule is Cc1cc(C)c(B2c3cccc4c3N3c5c(cccc5B(c5c(C)cc(C)cc5C)c5cccc2c53)O4)c(C)c1. The minimum atomic E-state index is 0.137. The van der Waals surface area contributed by atoms with Crippen molar-refractivity contribution in [3.8, 4) is 11.5 Å². The molecule has 0 saturated carbocycles. The molecular weight excluding hydrogens is 484 g/mol. The number of hydrogen-bond acceptors (Lipinski definition) is 2. The summed E-state index contributed by atoms with van der Waals surface area (Å²) in [6.07, 6.45) is 0. The molecule has 0 saturated heterocycles. The van der Waals surface area contributed by atoms with Crippen LogP contribution in [-0.4, -0.2) is 13.4 Å². The van der Waals surface area contributed by atoms with E-state index >= 15 is 0 Å². The molecule has 5 aromatic rings. The lowest BCUT2D eigenvalue weighted by atomic mass is 9.29. The lowest BCUT2D eigenvalue weighted by Gasteiger charge is -2.47. The molecule has 0 fully saturated rings. The largest absolute Gasteiger partial charge is 0.453 e. The van der Waals surface area contributed by atoms with Gasteiger partial charge >= 0.3 is 0 Å². The van der Waals surface area contributed by atoms with Crippen LogP contribution >= 0.6 is 0 Å². The Morgan fingerprint density at radius 2 is 0.825 bits per heavy atom. The molecule has 0 aromatic heterocycles. The van der Waals surface area contributed by atoms with Gasteiger partial charge in [-0.25, -0.2) is 0 Å². The molecular formula is C36H31B2NO. The van der Waals surface area contributed by atoms with Crippen LogP contribution in [0.15, 0.2) is 78.9 Å². The predicted molar refractivity (Wildman–Crippen MR) is 172 cm³/mol. The standard InChI is InChI=1S/C36H31B2NO/c1-20-16-22(3)32(23(4)17-20)37-26-10-7-11-27-34(26)39-35-28(37)12-8-14-30(35)40-31-15-9-13-29(36(31)39)38(27)33-24(5)18-21(2)19-25(33)6/h7-19H,1-6H3. The van der Waals surface area contributed by atoms with Crippen LogP contribution in [0.25, 0.3) is 0 Å². The van der Waals surface area contributed by atoms with Crippen LogP contribution in [-0.2, 0) is 0 Å². The van der Waals surface area contributed by atoms with Gasteiger partial charge in [-0.3, -0.25) is 0 Å². The summed E-state index contributed by atoms with van der Waals surface area (Å²) in [6.45, 7) is 13.8. The normalized spacial score (nSPS) is 13.8. The van der Waals surface area contributed by atoms with Gasteiger partial charge in [-0.2, -0.15) is 0 Å². The average Bonchev–Trinajstić information content (AvgIpc) is 2.90. The van der Waals surface area contributed by atoms with Gasteiger partial charge in [0.2, 0.25) is 13.4 Å². The number of nitrogens with zero attached hydrogens (tertiary/aromatic N) is 1. The smallest absolute Gasteiger partial charge is 0.247 e. The van der Waals surface area contributed by atoms with Crippen molar-refractivity contribution in [2.24, 2.45) is 0 Å². The molecule has 40 heavy (non-hydrogen) atoms. The predicted octanol–water partition coefficient (Wildman–Crippen LogP) is 4.77. The number of ether oxygens (including phenoxy) is 1. The van der Waals surface area contributed by atoms with Crippen LogP contribution in [0.5, 0.6) is 11.5 Å². The molecule has 0 bridgehead atoms. The van der Waals surface area contributed by atoms with Crippen LogP contribution in [0.1, 0.15) is 33.4 Å². The average molecular weight is 515 g/mol. The summed E-state index contributed by atoms with van der Waals surface area (Å²) in [4.78, 5) is 2.54. The summed E-state index contributed by atoms with van der Waals surface area (Å²) < 4.78 is 6.74. The summed E-state index contributed by atoms with van der Waals surface area (Å²) >= 11 is 0. The first-order valence-corrected chi connectivity index (χ1v) is 14.4. The van der Waals surface area contributed by atoms with Gasteiger partial charge < -0.3 is 9.64 Å². The first kappa shape index (κ1) is 23.7. The monoisotopic (exact) mass is 515 g/mol. The minimum absolute atomic E-state index is 0.137. The highest BCUT2D eigenvalue weighted by atomic mass is 16.5. The molecule has 3 aliphatic heterocycles. The van der Waals surface area contributed by atoms with E-state index in [0.717, 1.165) is 11.5 Å². The fraction of sp³-hybridized carbons (Fsp3) is 0.167. The maximum atomic E-state index is 6.74. The number of para-hydroxylation sites is 3. The topological polar surface area (TPSA) is 12.5 Å². The Balaban J connectivity index is 1.51. The molecule has 0 unspecified atom stereocenters. The molecule has 5 aromatic carbocycles. The minimum Gasteiger partial charge on any atom is -0.453 e. The molecule has 2 nitrogen and oxygen atoms in total. The van der Waals surface area contributed by atoms with E-state index in [2.05, 4.69) is 125 Å². The molecule has 0 radical (unpaired) electrons. The van der Waals surface area contributed by atoms with Gasteiger partial charge in [-0.15, -0.1) is 0 Å². The van der Waals surface area contributed by atoms with Crippen molar-refractivity contribution in [3.05, 3.63) is 112 Å². The van der Waals surface area contributed by atoms with E-state index in [0.29, 0.717) is 0 Å². The Bertz CT molecular complexity index is 1740. The molecule has 8 rings (SSSR count). The number of hydrogen-bond donors (Lipinski definition) is 0. The zero-order chi connectivity index (χ0) is 27.4. The Labute approximate surface area is 237 Å². The summed E-state index contributed by atoms with van der Waals surface area (Å²) in [5.41, 5.74) is 20.0. The maximum absolute atomic E-state index is 6.74. The molecule has 0 N–H and O–H groups in total. The number of rotatable bonds is 2. The van der Waals surface area contributed by atoms with Crippen molar-refractivity contribution >= 4 is 63.3 Å². The third kappa shape index (κ3) is 3.02. The van der Waals surface area contributed by atoms with Crippen LogP contribution in [0.3, 0.4) is 0 Å². The van der Waals surface area contributed by atoms with Crippen molar-refractivity contribution in [1.82, 2.24) is 0 Å². The lowest BCUT2D eigenvalue weighted by Crippen LogP contribution is -2.66. The summed E-state index contributed by atoms with van der Waals surface area (Å²) in [6, 6.07) is 29.6. The van der Waals surface area contributed by atoms with Crippen molar-refractivity contribution < 1.29 is 4.74 Å². The first-order valence-electron chi connectivity index (χ1n) is 14.4. The Morgan fingerprint density at radius 3 is 1.23 bits per heavy atom. The first-order chi connectivity index (χ1) is 19.3. The Hall–Kier alpha value is -4.17. The Morgan fingerprint density at radius 1 is 0.475 bits per heavy atom. The second kappa shape index (κ2) is 8.17. The summed E-state index contributed by atoms with van der Waals surface area (Å²) in [5.74, 6) is 1.88. The summed E-state index contributed by atoms with van der Waals surface area (Å²) in [7, 11) is 0. The third-order valence-corrected chi connectivity index (χ3v) is 9.35. The highest BCUT2D eigenvalue weighted by molar-refractivity contribution is 7.02. The molecule has 3 heterocycles. The van der Waals surface area contributed by atoms with Crippen molar-refractivity contribution in [1.29, 1.82) is 0 Å². The van der Waals surface area contributed by atoms with E-state index in [-0.39, 0.29) is 13.4 Å². The third-order valence-electron chi connectivity index (χ3n) is 9.35. The maximum Gasteiger partial charge on any atom is 0.247 e. The Kier molecular flexibility index (Phi) is 4.84. The van der Waals surface area contributed by atoms with Crippen LogP contribution in [0, 0.1) is 41.5 Å². The molecule has 0 amide bonds. The quantitative estimate of drug-likeness (QED) is 0.308. The second-order valence-electron chi connectivity index (χ2n) is 12.1. The van der Waals surface area contributed by atoms with Gasteiger partial charge in [-0.1, -0.05) is 111 Å². The number of benzene rings is 5. The fourth-order valence-electron chi connectivity index (χ4n) is 8.20. The summed E-state index contributed by atoms with van der Waals surface area (Å²) in [5, 5.41) is 0. The van der Waals surface area contributed by atoms with Crippen molar-refractivity contribution in [2.75, 3.05) is 4.90 Å². The highest BCUT2D eigenvalue weighted by Gasteiger charge is 2.47. The van der Waals surface area contributed by atoms with Crippen molar-refractivity contribution in [2.45, 2.75) is 41.5 Å². The van der Waals surface area contributed by atoms with E-state index in [1.54, 1.807) is 0 Å². The molecule has 4 heteroatoms. The lowest BCUT2D eigenvalue weighted by molar-refractivity contribution is 0.478. The van der Waals surface area contributed by atoms with E-state index in [1.807, 2.05) is 0 Å².